The molecule has 2 aliphatic rings. The molecule has 1 aliphatic carbocycles. The van der Waals surface area contributed by atoms with Gasteiger partial charge in [0.1, 0.15) is 16.9 Å². The third kappa shape index (κ3) is 5.84. The van der Waals surface area contributed by atoms with E-state index >= 15 is 0 Å². The second kappa shape index (κ2) is 11.7. The van der Waals surface area contributed by atoms with Crippen molar-refractivity contribution in [1.29, 1.82) is 0 Å². The lowest BCUT2D eigenvalue weighted by molar-refractivity contribution is -0.137. The van der Waals surface area contributed by atoms with Gasteiger partial charge >= 0.3 is 5.97 Å². The number of rotatable bonds is 5. The van der Waals surface area contributed by atoms with Crippen molar-refractivity contribution in [3.63, 3.8) is 0 Å². The summed E-state index contributed by atoms with van der Waals surface area (Å²) < 4.78 is 8.16. The fraction of sp³-hybridized carbons (Fsp3) is 0.375. The molecule has 4 aromatic rings. The van der Waals surface area contributed by atoms with E-state index in [1.165, 1.54) is 11.1 Å². The number of aliphatic carboxylic acids is 1. The number of nitrogens with zero attached hydrogens (tertiary/aromatic N) is 4. The van der Waals surface area contributed by atoms with Gasteiger partial charge in [-0.15, -0.1) is 5.10 Å². The number of carboxylic acids is 1. The maximum Gasteiger partial charge on any atom is 0.304 e. The van der Waals surface area contributed by atoms with Crippen LogP contribution < -0.4 is 4.74 Å². The SMILES string of the molecule is Cc1c(C(CC(=O)O)c2ccc3c(c2)C(N2Cc4cc(Cl)ccc4OC(C)(C)C2)CC3)ccc2c1nnn2C.O=CO. The van der Waals surface area contributed by atoms with Crippen LogP contribution in [0.2, 0.25) is 5.02 Å². The average molecular weight is 591 g/mol. The monoisotopic (exact) mass is 590 g/mol. The third-order valence-corrected chi connectivity index (χ3v) is 8.49. The Labute approximate surface area is 249 Å². The van der Waals surface area contributed by atoms with Crippen LogP contribution in [0.5, 0.6) is 5.75 Å². The van der Waals surface area contributed by atoms with E-state index in [2.05, 4.69) is 47.3 Å². The van der Waals surface area contributed by atoms with Gasteiger partial charge in [0.2, 0.25) is 0 Å². The van der Waals surface area contributed by atoms with Crippen LogP contribution >= 0.6 is 11.6 Å². The predicted octanol–water partition coefficient (Wildman–Crippen LogP) is 5.90. The molecule has 0 bridgehead atoms. The fourth-order valence-corrected chi connectivity index (χ4v) is 6.68. The number of benzene rings is 3. The number of ether oxygens (including phenoxy) is 1. The third-order valence-electron chi connectivity index (χ3n) is 8.26. The molecule has 1 aromatic heterocycles. The summed E-state index contributed by atoms with van der Waals surface area (Å²) in [6.45, 7) is 7.54. The fourth-order valence-electron chi connectivity index (χ4n) is 6.49. The highest BCUT2D eigenvalue weighted by Gasteiger charge is 2.36. The Morgan fingerprint density at radius 3 is 2.69 bits per heavy atom. The van der Waals surface area contributed by atoms with Gasteiger partial charge in [-0.2, -0.15) is 0 Å². The molecule has 2 unspecified atom stereocenters. The van der Waals surface area contributed by atoms with Gasteiger partial charge < -0.3 is 14.9 Å². The molecule has 0 saturated heterocycles. The summed E-state index contributed by atoms with van der Waals surface area (Å²) in [5.41, 5.74) is 8.05. The Bertz CT molecular complexity index is 1650. The van der Waals surface area contributed by atoms with Gasteiger partial charge in [0, 0.05) is 42.7 Å². The van der Waals surface area contributed by atoms with Crippen molar-refractivity contribution in [3.05, 3.63) is 86.9 Å². The lowest BCUT2D eigenvalue weighted by Crippen LogP contribution is -2.41. The van der Waals surface area contributed by atoms with Crippen molar-refractivity contribution in [3.8, 4) is 5.75 Å². The van der Waals surface area contributed by atoms with Crippen molar-refractivity contribution in [2.75, 3.05) is 6.54 Å². The number of fused-ring (bicyclic) bond motifs is 3. The largest absolute Gasteiger partial charge is 0.486 e. The van der Waals surface area contributed by atoms with E-state index in [1.807, 2.05) is 44.3 Å². The minimum atomic E-state index is -0.824. The van der Waals surface area contributed by atoms with Gasteiger partial charge in [-0.3, -0.25) is 14.5 Å². The van der Waals surface area contributed by atoms with E-state index in [1.54, 1.807) is 4.68 Å². The lowest BCUT2D eigenvalue weighted by atomic mass is 9.84. The molecule has 3 aromatic carbocycles. The van der Waals surface area contributed by atoms with Crippen LogP contribution in [-0.2, 0) is 29.6 Å². The number of hydrogen-bond acceptors (Lipinski definition) is 6. The first kappa shape index (κ1) is 29.5. The molecule has 0 spiro atoms. The molecule has 10 heteroatoms. The second-order valence-electron chi connectivity index (χ2n) is 11.6. The van der Waals surface area contributed by atoms with E-state index in [-0.39, 0.29) is 30.5 Å². The molecule has 0 saturated carbocycles. The van der Waals surface area contributed by atoms with E-state index in [4.69, 9.17) is 26.2 Å². The summed E-state index contributed by atoms with van der Waals surface area (Å²) in [6.07, 6.45) is 2.01. The molecule has 6 rings (SSSR count). The Morgan fingerprint density at radius 2 is 1.95 bits per heavy atom. The van der Waals surface area contributed by atoms with Crippen molar-refractivity contribution in [2.24, 2.45) is 7.05 Å². The normalized spacial score (nSPS) is 18.2. The summed E-state index contributed by atoms with van der Waals surface area (Å²) >= 11 is 6.36. The van der Waals surface area contributed by atoms with E-state index in [9.17, 15) is 9.90 Å². The highest BCUT2D eigenvalue weighted by atomic mass is 35.5. The number of halogens is 1. The maximum absolute atomic E-state index is 12.1. The minimum absolute atomic E-state index is 0.00647. The number of carboxylic acid groups (broad SMARTS) is 2. The molecule has 1 aliphatic heterocycles. The minimum Gasteiger partial charge on any atom is -0.486 e. The Balaban J connectivity index is 0.00000113. The van der Waals surface area contributed by atoms with E-state index in [0.29, 0.717) is 5.02 Å². The Morgan fingerprint density at radius 1 is 1.19 bits per heavy atom. The molecule has 0 radical (unpaired) electrons. The Hall–Kier alpha value is -3.95. The van der Waals surface area contributed by atoms with Crippen LogP contribution in [0, 0.1) is 6.92 Å². The average Bonchev–Trinajstić information content (AvgIpc) is 3.49. The number of hydrogen-bond donors (Lipinski definition) is 2. The topological polar surface area (TPSA) is 118 Å². The van der Waals surface area contributed by atoms with E-state index in [0.717, 1.165) is 65.0 Å². The number of aryl methyl sites for hydroxylation is 3. The van der Waals surface area contributed by atoms with Crippen LogP contribution in [0.1, 0.15) is 72.0 Å². The summed E-state index contributed by atoms with van der Waals surface area (Å²) in [7, 11) is 1.87. The first-order valence-electron chi connectivity index (χ1n) is 13.9. The maximum atomic E-state index is 12.1. The molecule has 9 nitrogen and oxygen atoms in total. The first-order chi connectivity index (χ1) is 20.0. The van der Waals surface area contributed by atoms with Gasteiger partial charge in [0.15, 0.2) is 0 Å². The lowest BCUT2D eigenvalue weighted by Gasteiger charge is -2.34. The van der Waals surface area contributed by atoms with Crippen molar-refractivity contribution < 1.29 is 24.5 Å². The molecule has 2 N–H and O–H groups in total. The van der Waals surface area contributed by atoms with Crippen LogP contribution in [0.3, 0.4) is 0 Å². The summed E-state index contributed by atoms with van der Waals surface area (Å²) in [5.74, 6) is -0.227. The van der Waals surface area contributed by atoms with Gasteiger partial charge in [-0.25, -0.2) is 4.68 Å². The van der Waals surface area contributed by atoms with Crippen molar-refractivity contribution >= 4 is 35.1 Å². The zero-order chi connectivity index (χ0) is 30.2. The summed E-state index contributed by atoms with van der Waals surface area (Å²) in [6, 6.07) is 16.6. The molecular weight excluding hydrogens is 556 g/mol. The zero-order valence-corrected chi connectivity index (χ0v) is 24.9. The predicted molar refractivity (Wildman–Crippen MR) is 160 cm³/mol. The molecule has 220 valence electrons. The number of carbonyl (C=O) groups is 2. The molecule has 0 amide bonds. The summed E-state index contributed by atoms with van der Waals surface area (Å²) in [5, 5.41) is 26.0. The van der Waals surface area contributed by atoms with Crippen LogP contribution in [0.25, 0.3) is 11.0 Å². The van der Waals surface area contributed by atoms with Gasteiger partial charge in [0.05, 0.1) is 11.9 Å². The highest BCUT2D eigenvalue weighted by Crippen LogP contribution is 2.43. The highest BCUT2D eigenvalue weighted by molar-refractivity contribution is 6.30. The van der Waals surface area contributed by atoms with Crippen LogP contribution in [-0.4, -0.2) is 54.7 Å². The smallest absolute Gasteiger partial charge is 0.304 e. The summed E-state index contributed by atoms with van der Waals surface area (Å²) in [4.78, 5) is 22.9. The Kier molecular flexibility index (Phi) is 8.25. The van der Waals surface area contributed by atoms with Crippen molar-refractivity contribution in [1.82, 2.24) is 19.9 Å². The van der Waals surface area contributed by atoms with Crippen molar-refractivity contribution in [2.45, 2.75) is 64.1 Å². The number of aromatic nitrogens is 3. The van der Waals surface area contributed by atoms with Gasteiger partial charge in [-0.05, 0) is 85.7 Å². The first-order valence-corrected chi connectivity index (χ1v) is 14.3. The molecule has 0 fully saturated rings. The standard InChI is InChI=1S/C31H33ClN4O3.CH2O2/c1-18-23(9-11-27-30(18)33-34-35(27)4)24(15-29(37)38)20-6-5-19-7-10-26(25(19)14-20)36-16-21-13-22(32)8-12-28(21)39-31(2,3)17-36;2-1-3/h5-6,8-9,11-14,24,26H,7,10,15-17H2,1-4H3,(H,37,38);1H,(H,2,3). The molecule has 2 heterocycles. The quantitative estimate of drug-likeness (QED) is 0.276. The van der Waals surface area contributed by atoms with Crippen LogP contribution in [0.15, 0.2) is 48.5 Å². The zero-order valence-electron chi connectivity index (χ0n) is 24.2. The van der Waals surface area contributed by atoms with Crippen LogP contribution in [0.4, 0.5) is 0 Å². The molecule has 2 atom stereocenters. The van der Waals surface area contributed by atoms with E-state index < -0.39 is 5.97 Å². The second-order valence-corrected chi connectivity index (χ2v) is 12.1. The molecular formula is C32H35ClN4O5. The molecule has 42 heavy (non-hydrogen) atoms. The van der Waals surface area contributed by atoms with Gasteiger partial charge in [-0.1, -0.05) is 41.1 Å². The van der Waals surface area contributed by atoms with Gasteiger partial charge in [0.25, 0.3) is 6.47 Å².